The van der Waals surface area contributed by atoms with Crippen LogP contribution >= 0.6 is 0 Å². The largest absolute Gasteiger partial charge is 0.394 e. The van der Waals surface area contributed by atoms with Gasteiger partial charge in [-0.3, -0.25) is 0 Å². The van der Waals surface area contributed by atoms with Crippen LogP contribution < -0.4 is 0 Å². The van der Waals surface area contributed by atoms with Crippen LogP contribution in [0, 0.1) is 0 Å². The standard InChI is InChI=1S/C11H21N3O5/c1-3-4-5-18-10-8(13-14-12)9(16)7(6-15)19-11(10)17-2/h7-11,15-16H,3-6H2,1-2H3/t7?,8?,9-,10?,11+/m1/s1. The Morgan fingerprint density at radius 3 is 2.74 bits per heavy atom. The van der Waals surface area contributed by atoms with E-state index in [-0.39, 0.29) is 6.61 Å². The van der Waals surface area contributed by atoms with Crippen LogP contribution in [0.3, 0.4) is 0 Å². The van der Waals surface area contributed by atoms with E-state index < -0.39 is 30.6 Å². The Hall–Kier alpha value is -0.890. The average Bonchev–Trinajstić information content (AvgIpc) is 2.43. The third-order valence-electron chi connectivity index (χ3n) is 3.05. The van der Waals surface area contributed by atoms with Crippen LogP contribution in [0.15, 0.2) is 5.11 Å². The van der Waals surface area contributed by atoms with Gasteiger partial charge >= 0.3 is 0 Å². The van der Waals surface area contributed by atoms with E-state index in [4.69, 9.17) is 24.8 Å². The molecule has 19 heavy (non-hydrogen) atoms. The van der Waals surface area contributed by atoms with Gasteiger partial charge in [0.15, 0.2) is 6.29 Å². The lowest BCUT2D eigenvalue weighted by molar-refractivity contribution is -0.277. The van der Waals surface area contributed by atoms with Crippen LogP contribution in [0.1, 0.15) is 19.8 Å². The van der Waals surface area contributed by atoms with Gasteiger partial charge in [-0.15, -0.1) is 0 Å². The molecule has 0 aromatic rings. The molecule has 1 fully saturated rings. The maximum absolute atomic E-state index is 10.0. The van der Waals surface area contributed by atoms with Gasteiger partial charge in [0, 0.05) is 18.6 Å². The van der Waals surface area contributed by atoms with Crippen molar-refractivity contribution in [2.75, 3.05) is 20.3 Å². The molecule has 0 radical (unpaired) electrons. The van der Waals surface area contributed by atoms with Gasteiger partial charge in [0.1, 0.15) is 12.2 Å². The zero-order valence-corrected chi connectivity index (χ0v) is 11.2. The van der Waals surface area contributed by atoms with Crippen molar-refractivity contribution in [2.24, 2.45) is 5.11 Å². The van der Waals surface area contributed by atoms with Gasteiger partial charge in [0.25, 0.3) is 0 Å². The summed E-state index contributed by atoms with van der Waals surface area (Å²) in [5, 5.41) is 22.7. The predicted molar refractivity (Wildman–Crippen MR) is 66.3 cm³/mol. The van der Waals surface area contributed by atoms with Crippen LogP contribution in [0.2, 0.25) is 0 Å². The number of azide groups is 1. The number of ether oxygens (including phenoxy) is 3. The van der Waals surface area contributed by atoms with Crippen LogP contribution in [-0.2, 0) is 14.2 Å². The van der Waals surface area contributed by atoms with Crippen molar-refractivity contribution < 1.29 is 24.4 Å². The number of methoxy groups -OCH3 is 1. The summed E-state index contributed by atoms with van der Waals surface area (Å²) in [6, 6.07) is -0.849. The topological polar surface area (TPSA) is 117 Å². The summed E-state index contributed by atoms with van der Waals surface area (Å²) in [6.45, 7) is 2.09. The molecule has 0 amide bonds. The molecule has 1 saturated heterocycles. The SMILES string of the molecule is CCCCOC1C(N=[N+]=[N-])[C@H](O)C(CO)O[C@@H]1OC. The number of hydrogen-bond acceptors (Lipinski definition) is 6. The molecule has 0 spiro atoms. The van der Waals surface area contributed by atoms with Crippen molar-refractivity contribution in [2.45, 2.75) is 50.4 Å². The third-order valence-corrected chi connectivity index (χ3v) is 3.05. The normalized spacial score (nSPS) is 34.8. The highest BCUT2D eigenvalue weighted by Crippen LogP contribution is 2.26. The fourth-order valence-electron chi connectivity index (χ4n) is 1.98. The van der Waals surface area contributed by atoms with Crippen molar-refractivity contribution >= 4 is 0 Å². The summed E-state index contributed by atoms with van der Waals surface area (Å²) in [5.74, 6) is 0. The van der Waals surface area contributed by atoms with Crippen molar-refractivity contribution in [3.8, 4) is 0 Å². The molecule has 1 heterocycles. The van der Waals surface area contributed by atoms with E-state index >= 15 is 0 Å². The van der Waals surface area contributed by atoms with Gasteiger partial charge < -0.3 is 24.4 Å². The summed E-state index contributed by atoms with van der Waals surface area (Å²) < 4.78 is 16.1. The Balaban J connectivity index is 2.82. The number of hydrogen-bond donors (Lipinski definition) is 2. The average molecular weight is 275 g/mol. The minimum absolute atomic E-state index is 0.389. The van der Waals surface area contributed by atoms with E-state index in [1.54, 1.807) is 0 Å². The fourth-order valence-corrected chi connectivity index (χ4v) is 1.98. The summed E-state index contributed by atoms with van der Waals surface area (Å²) in [7, 11) is 1.43. The van der Waals surface area contributed by atoms with Crippen molar-refractivity contribution in [1.29, 1.82) is 0 Å². The Bertz CT molecular complexity index is 311. The smallest absolute Gasteiger partial charge is 0.184 e. The summed E-state index contributed by atoms with van der Waals surface area (Å²) in [4.78, 5) is 2.72. The number of nitrogens with zero attached hydrogens (tertiary/aromatic N) is 3. The molecule has 5 atom stereocenters. The van der Waals surface area contributed by atoms with E-state index in [2.05, 4.69) is 10.0 Å². The molecular formula is C11H21N3O5. The van der Waals surface area contributed by atoms with Crippen LogP contribution in [0.4, 0.5) is 0 Å². The molecule has 110 valence electrons. The summed E-state index contributed by atoms with van der Waals surface area (Å²) >= 11 is 0. The molecule has 3 unspecified atom stereocenters. The first kappa shape index (κ1) is 16.2. The molecule has 8 nitrogen and oxygen atoms in total. The highest BCUT2D eigenvalue weighted by atomic mass is 16.7. The first-order valence-electron chi connectivity index (χ1n) is 6.32. The number of unbranched alkanes of at least 4 members (excludes halogenated alkanes) is 1. The highest BCUT2D eigenvalue weighted by molar-refractivity contribution is 4.95. The number of aliphatic hydroxyl groups excluding tert-OH is 2. The highest BCUT2D eigenvalue weighted by Gasteiger charge is 2.45. The molecule has 8 heteroatoms. The van der Waals surface area contributed by atoms with Gasteiger partial charge in [0.05, 0.1) is 18.8 Å². The predicted octanol–water partition coefficient (Wildman–Crippen LogP) is 0.575. The molecule has 0 bridgehead atoms. The molecule has 0 aromatic heterocycles. The minimum atomic E-state index is -1.13. The quantitative estimate of drug-likeness (QED) is 0.305. The molecule has 2 N–H and O–H groups in total. The Morgan fingerprint density at radius 2 is 2.21 bits per heavy atom. The Kier molecular flexibility index (Phi) is 7.07. The van der Waals surface area contributed by atoms with Gasteiger partial charge in [-0.25, -0.2) is 0 Å². The Morgan fingerprint density at radius 1 is 1.47 bits per heavy atom. The molecule has 1 rings (SSSR count). The molecular weight excluding hydrogens is 254 g/mol. The van der Waals surface area contributed by atoms with E-state index in [1.807, 2.05) is 6.92 Å². The van der Waals surface area contributed by atoms with E-state index in [0.717, 1.165) is 12.8 Å². The lowest BCUT2D eigenvalue weighted by atomic mass is 9.97. The molecule has 0 aromatic carbocycles. The maximum Gasteiger partial charge on any atom is 0.184 e. The van der Waals surface area contributed by atoms with Crippen LogP contribution in [0.5, 0.6) is 0 Å². The van der Waals surface area contributed by atoms with Gasteiger partial charge in [-0.2, -0.15) is 0 Å². The third kappa shape index (κ3) is 4.04. The van der Waals surface area contributed by atoms with Crippen molar-refractivity contribution in [3.05, 3.63) is 10.4 Å². The van der Waals surface area contributed by atoms with E-state index in [9.17, 15) is 5.11 Å². The van der Waals surface area contributed by atoms with Crippen LogP contribution in [-0.4, -0.2) is 61.2 Å². The molecule has 1 aliphatic heterocycles. The molecule has 0 aliphatic carbocycles. The first-order valence-corrected chi connectivity index (χ1v) is 6.32. The van der Waals surface area contributed by atoms with Crippen molar-refractivity contribution in [3.63, 3.8) is 0 Å². The lowest BCUT2D eigenvalue weighted by Crippen LogP contribution is -2.59. The Labute approximate surface area is 111 Å². The van der Waals surface area contributed by atoms with Gasteiger partial charge in [-0.1, -0.05) is 18.5 Å². The lowest BCUT2D eigenvalue weighted by Gasteiger charge is -2.41. The second kappa shape index (κ2) is 8.31. The second-order valence-corrected chi connectivity index (χ2v) is 4.34. The van der Waals surface area contributed by atoms with E-state index in [1.165, 1.54) is 7.11 Å². The first-order chi connectivity index (χ1) is 9.19. The van der Waals surface area contributed by atoms with E-state index in [0.29, 0.717) is 6.61 Å². The minimum Gasteiger partial charge on any atom is -0.394 e. The van der Waals surface area contributed by atoms with Crippen LogP contribution in [0.25, 0.3) is 10.4 Å². The second-order valence-electron chi connectivity index (χ2n) is 4.34. The summed E-state index contributed by atoms with van der Waals surface area (Å²) in [5.41, 5.74) is 8.59. The zero-order valence-electron chi connectivity index (χ0n) is 11.2. The fraction of sp³-hybridized carbons (Fsp3) is 1.00. The monoisotopic (exact) mass is 275 g/mol. The zero-order chi connectivity index (χ0) is 14.3. The summed E-state index contributed by atoms with van der Waals surface area (Å²) in [6.07, 6.45) is -1.65. The molecule has 1 aliphatic rings. The molecule has 0 saturated carbocycles. The maximum atomic E-state index is 10.0. The number of rotatable bonds is 7. The van der Waals surface area contributed by atoms with Crippen molar-refractivity contribution in [1.82, 2.24) is 0 Å². The number of aliphatic hydroxyl groups is 2. The van der Waals surface area contributed by atoms with Gasteiger partial charge in [-0.05, 0) is 12.0 Å². The van der Waals surface area contributed by atoms with Gasteiger partial charge in [0.2, 0.25) is 0 Å².